The van der Waals surface area contributed by atoms with Crippen molar-refractivity contribution in [3.8, 4) is 0 Å². The van der Waals surface area contributed by atoms with Crippen LogP contribution in [0.5, 0.6) is 0 Å². The number of hydrogen-bond acceptors (Lipinski definition) is 4. The lowest BCUT2D eigenvalue weighted by Gasteiger charge is -2.15. The molecule has 3 rings (SSSR count). The normalized spacial score (nSPS) is 12.3. The van der Waals surface area contributed by atoms with Gasteiger partial charge in [0.25, 0.3) is 5.91 Å². The van der Waals surface area contributed by atoms with Crippen LogP contribution in [0.25, 0.3) is 11.0 Å². The highest BCUT2D eigenvalue weighted by molar-refractivity contribution is 5.97. The fraction of sp³-hybridized carbons (Fsp3) is 0.294. The third-order valence-corrected chi connectivity index (χ3v) is 3.75. The molecule has 0 saturated carbocycles. The van der Waals surface area contributed by atoms with E-state index >= 15 is 0 Å². The number of amides is 1. The van der Waals surface area contributed by atoms with Crippen molar-refractivity contribution in [2.24, 2.45) is 0 Å². The molecule has 1 atom stereocenters. The van der Waals surface area contributed by atoms with Gasteiger partial charge in [0.05, 0.1) is 22.8 Å². The third-order valence-electron chi connectivity index (χ3n) is 3.75. The maximum absolute atomic E-state index is 12.3. The first kappa shape index (κ1) is 15.1. The molecule has 6 nitrogen and oxygen atoms in total. The number of fused-ring (bicyclic) bond motifs is 1. The van der Waals surface area contributed by atoms with Crippen LogP contribution in [0.15, 0.2) is 36.7 Å². The summed E-state index contributed by atoms with van der Waals surface area (Å²) < 4.78 is 1.93. The largest absolute Gasteiger partial charge is 0.350 e. The Bertz CT molecular complexity index is 855. The van der Waals surface area contributed by atoms with E-state index in [-0.39, 0.29) is 11.9 Å². The van der Waals surface area contributed by atoms with E-state index in [1.54, 1.807) is 24.5 Å². The summed E-state index contributed by atoms with van der Waals surface area (Å²) in [6.07, 6.45) is 3.26. The van der Waals surface area contributed by atoms with Gasteiger partial charge in [-0.05, 0) is 45.0 Å². The van der Waals surface area contributed by atoms with Crippen molar-refractivity contribution < 1.29 is 4.79 Å². The summed E-state index contributed by atoms with van der Waals surface area (Å²) in [5.41, 5.74) is 4.14. The van der Waals surface area contributed by atoms with E-state index in [4.69, 9.17) is 0 Å². The molecule has 0 bridgehead atoms. The summed E-state index contributed by atoms with van der Waals surface area (Å²) in [5, 5.41) is 7.40. The van der Waals surface area contributed by atoms with Crippen LogP contribution < -0.4 is 5.32 Å². The van der Waals surface area contributed by atoms with E-state index in [1.165, 1.54) is 0 Å². The first-order chi connectivity index (χ1) is 11.0. The molecule has 1 aromatic carbocycles. The lowest BCUT2D eigenvalue weighted by molar-refractivity contribution is 0.0948. The highest BCUT2D eigenvalue weighted by atomic mass is 16.1. The van der Waals surface area contributed by atoms with Crippen LogP contribution in [0.2, 0.25) is 0 Å². The Morgan fingerprint density at radius 3 is 2.61 bits per heavy atom. The molecular weight excluding hydrogens is 290 g/mol. The zero-order valence-corrected chi connectivity index (χ0v) is 13.4. The Kier molecular flexibility index (Phi) is 4.06. The fourth-order valence-corrected chi connectivity index (χ4v) is 2.63. The summed E-state index contributed by atoms with van der Waals surface area (Å²) in [5.74, 6) is -0.120. The zero-order valence-electron chi connectivity index (χ0n) is 13.4. The predicted octanol–water partition coefficient (Wildman–Crippen LogP) is 2.43. The lowest BCUT2D eigenvalue weighted by Crippen LogP contribution is -2.30. The van der Waals surface area contributed by atoms with Gasteiger partial charge in [0.1, 0.15) is 0 Å². The smallest absolute Gasteiger partial charge is 0.251 e. The highest BCUT2D eigenvalue weighted by Crippen LogP contribution is 2.12. The molecule has 118 valence electrons. The minimum Gasteiger partial charge on any atom is -0.350 e. The number of aryl methyl sites for hydroxylation is 2. The predicted molar refractivity (Wildman–Crippen MR) is 88.3 cm³/mol. The zero-order chi connectivity index (χ0) is 16.4. The maximum Gasteiger partial charge on any atom is 0.251 e. The van der Waals surface area contributed by atoms with Gasteiger partial charge in [-0.25, -0.2) is 0 Å². The molecule has 0 aliphatic rings. The SMILES string of the molecule is Cc1cc(C)n(C(C)CNC(=O)c2ccc3nccnc3c2)n1. The number of benzene rings is 1. The van der Waals surface area contributed by atoms with Crippen LogP contribution in [0, 0.1) is 13.8 Å². The van der Waals surface area contributed by atoms with Gasteiger partial charge in [-0.2, -0.15) is 5.10 Å². The first-order valence-electron chi connectivity index (χ1n) is 7.56. The molecule has 1 N–H and O–H groups in total. The first-order valence-corrected chi connectivity index (χ1v) is 7.56. The van der Waals surface area contributed by atoms with Crippen molar-refractivity contribution in [1.82, 2.24) is 25.1 Å². The molecule has 0 fully saturated rings. The van der Waals surface area contributed by atoms with Gasteiger partial charge in [0.2, 0.25) is 0 Å². The second-order valence-corrected chi connectivity index (χ2v) is 5.69. The van der Waals surface area contributed by atoms with E-state index in [9.17, 15) is 4.79 Å². The van der Waals surface area contributed by atoms with E-state index in [0.717, 1.165) is 16.9 Å². The molecule has 6 heteroatoms. The average Bonchev–Trinajstić information content (AvgIpc) is 2.90. The van der Waals surface area contributed by atoms with Gasteiger partial charge in [-0.15, -0.1) is 0 Å². The third kappa shape index (κ3) is 3.21. The monoisotopic (exact) mass is 309 g/mol. The number of nitrogens with zero attached hydrogens (tertiary/aromatic N) is 4. The van der Waals surface area contributed by atoms with Crippen molar-refractivity contribution in [2.45, 2.75) is 26.8 Å². The van der Waals surface area contributed by atoms with E-state index in [1.807, 2.05) is 37.6 Å². The summed E-state index contributed by atoms with van der Waals surface area (Å²) in [4.78, 5) is 20.8. The standard InChI is InChI=1S/C17H19N5O/c1-11-8-12(2)22(21-11)13(3)10-20-17(23)14-4-5-15-16(9-14)19-7-6-18-15/h4-9,13H,10H2,1-3H3,(H,20,23). The number of rotatable bonds is 4. The van der Waals surface area contributed by atoms with E-state index < -0.39 is 0 Å². The molecule has 0 aliphatic heterocycles. The average molecular weight is 309 g/mol. The van der Waals surface area contributed by atoms with Gasteiger partial charge >= 0.3 is 0 Å². The number of carbonyl (C=O) groups excluding carboxylic acids is 1. The van der Waals surface area contributed by atoms with Crippen molar-refractivity contribution in [1.29, 1.82) is 0 Å². The van der Waals surface area contributed by atoms with Crippen LogP contribution in [-0.4, -0.2) is 32.2 Å². The molecule has 0 aliphatic carbocycles. The number of carbonyl (C=O) groups is 1. The molecule has 23 heavy (non-hydrogen) atoms. The minimum atomic E-state index is -0.120. The Hall–Kier alpha value is -2.76. The maximum atomic E-state index is 12.3. The second-order valence-electron chi connectivity index (χ2n) is 5.69. The van der Waals surface area contributed by atoms with E-state index in [2.05, 4.69) is 20.4 Å². The lowest BCUT2D eigenvalue weighted by atomic mass is 10.1. The highest BCUT2D eigenvalue weighted by Gasteiger charge is 2.12. The van der Waals surface area contributed by atoms with Crippen molar-refractivity contribution >= 4 is 16.9 Å². The van der Waals surface area contributed by atoms with E-state index in [0.29, 0.717) is 17.6 Å². The van der Waals surface area contributed by atoms with Crippen LogP contribution in [0.3, 0.4) is 0 Å². The fourth-order valence-electron chi connectivity index (χ4n) is 2.63. The molecule has 1 unspecified atom stereocenters. The molecule has 3 aromatic rings. The van der Waals surface area contributed by atoms with Gasteiger partial charge in [0.15, 0.2) is 0 Å². The topological polar surface area (TPSA) is 72.7 Å². The minimum absolute atomic E-state index is 0.0906. The quantitative estimate of drug-likeness (QED) is 0.803. The van der Waals surface area contributed by atoms with Crippen molar-refractivity contribution in [3.05, 3.63) is 53.6 Å². The van der Waals surface area contributed by atoms with Crippen LogP contribution in [0.1, 0.15) is 34.7 Å². The van der Waals surface area contributed by atoms with Crippen molar-refractivity contribution in [3.63, 3.8) is 0 Å². The number of nitrogens with one attached hydrogen (secondary N) is 1. The molecule has 2 heterocycles. The van der Waals surface area contributed by atoms with Gasteiger partial charge < -0.3 is 5.32 Å². The second kappa shape index (κ2) is 6.16. The molecule has 0 radical (unpaired) electrons. The molecular formula is C17H19N5O. The molecule has 0 saturated heterocycles. The number of aromatic nitrogens is 4. The van der Waals surface area contributed by atoms with Crippen LogP contribution in [0.4, 0.5) is 0 Å². The summed E-state index contributed by atoms with van der Waals surface area (Å²) in [7, 11) is 0. The molecule has 2 aromatic heterocycles. The van der Waals surface area contributed by atoms with Crippen LogP contribution >= 0.6 is 0 Å². The summed E-state index contributed by atoms with van der Waals surface area (Å²) in [6.45, 7) is 6.52. The molecule has 1 amide bonds. The van der Waals surface area contributed by atoms with Crippen LogP contribution in [-0.2, 0) is 0 Å². The van der Waals surface area contributed by atoms with Gasteiger partial charge in [-0.3, -0.25) is 19.4 Å². The Morgan fingerprint density at radius 1 is 1.17 bits per heavy atom. The van der Waals surface area contributed by atoms with Gasteiger partial charge in [0, 0.05) is 30.2 Å². The van der Waals surface area contributed by atoms with Crippen molar-refractivity contribution in [2.75, 3.05) is 6.54 Å². The Balaban J connectivity index is 1.69. The Labute approximate surface area is 134 Å². The number of hydrogen-bond donors (Lipinski definition) is 1. The summed E-state index contributed by atoms with van der Waals surface area (Å²) >= 11 is 0. The van der Waals surface area contributed by atoms with Gasteiger partial charge in [-0.1, -0.05) is 0 Å². The summed E-state index contributed by atoms with van der Waals surface area (Å²) in [6, 6.07) is 7.45. The Morgan fingerprint density at radius 2 is 1.91 bits per heavy atom. The molecule has 0 spiro atoms.